The van der Waals surface area contributed by atoms with Crippen LogP contribution in [0.1, 0.15) is 26.7 Å². The van der Waals surface area contributed by atoms with E-state index in [1.54, 1.807) is 0 Å². The Morgan fingerprint density at radius 2 is 2.15 bits per heavy atom. The molecule has 0 aliphatic carbocycles. The van der Waals surface area contributed by atoms with Crippen LogP contribution in [0.15, 0.2) is 0 Å². The summed E-state index contributed by atoms with van der Waals surface area (Å²) in [6.07, 6.45) is 0.551. The van der Waals surface area contributed by atoms with Gasteiger partial charge in [0.15, 0.2) is 0 Å². The van der Waals surface area contributed by atoms with Gasteiger partial charge in [0, 0.05) is 0 Å². The van der Waals surface area contributed by atoms with Crippen molar-refractivity contribution in [3.63, 3.8) is 0 Å². The second-order valence-corrected chi connectivity index (χ2v) is 3.15. The molecule has 0 aromatic carbocycles. The zero-order valence-electron chi connectivity index (χ0n) is 7.83. The molecule has 0 bridgehead atoms. The minimum Gasteiger partial charge on any atom is -0.303 e. The van der Waals surface area contributed by atoms with Crippen LogP contribution in [0.5, 0.6) is 0 Å². The molecule has 0 saturated carbocycles. The first kappa shape index (κ1) is 10.1. The van der Waals surface area contributed by atoms with E-state index in [9.17, 15) is 9.59 Å². The molecule has 0 radical (unpaired) electrons. The van der Waals surface area contributed by atoms with E-state index in [-0.39, 0.29) is 11.5 Å². The molecule has 5 nitrogen and oxygen atoms in total. The quantitative estimate of drug-likeness (QED) is 0.476. The van der Waals surface area contributed by atoms with Gasteiger partial charge in [0.1, 0.15) is 5.54 Å². The van der Waals surface area contributed by atoms with Crippen molar-refractivity contribution >= 4 is 11.8 Å². The highest BCUT2D eigenvalue weighted by molar-refractivity contribution is 6.07. The van der Waals surface area contributed by atoms with E-state index in [0.29, 0.717) is 13.0 Å². The van der Waals surface area contributed by atoms with E-state index in [1.165, 1.54) is 0 Å². The number of nitrogens with one attached hydrogen (secondary N) is 1. The highest BCUT2D eigenvalue weighted by Gasteiger charge is 2.49. The third-order valence-corrected chi connectivity index (χ3v) is 2.41. The molecule has 1 rings (SSSR count). The lowest BCUT2D eigenvalue weighted by Gasteiger charge is -2.24. The van der Waals surface area contributed by atoms with E-state index in [0.717, 1.165) is 0 Å². The molecule has 0 spiro atoms. The van der Waals surface area contributed by atoms with E-state index in [2.05, 4.69) is 5.32 Å². The maximum Gasteiger partial charge on any atom is 0.274 e. The van der Waals surface area contributed by atoms with Crippen molar-refractivity contribution in [1.82, 2.24) is 10.4 Å². The largest absolute Gasteiger partial charge is 0.303 e. The van der Waals surface area contributed by atoms with Crippen molar-refractivity contribution in [3.05, 3.63) is 0 Å². The van der Waals surface area contributed by atoms with Gasteiger partial charge in [-0.25, -0.2) is 0 Å². The lowest BCUT2D eigenvalue weighted by Crippen LogP contribution is -2.50. The number of hydroxylamine groups is 2. The van der Waals surface area contributed by atoms with Crippen LogP contribution >= 0.6 is 0 Å². The van der Waals surface area contributed by atoms with Crippen molar-refractivity contribution in [2.45, 2.75) is 32.2 Å². The molecule has 74 valence electrons. The van der Waals surface area contributed by atoms with Crippen LogP contribution in [-0.4, -0.2) is 34.2 Å². The minimum atomic E-state index is -0.874. The average molecular weight is 186 g/mol. The number of amides is 2. The Balaban J connectivity index is 2.89. The summed E-state index contributed by atoms with van der Waals surface area (Å²) in [4.78, 5) is 22.5. The predicted octanol–water partition coefficient (Wildman–Crippen LogP) is -0.107. The number of hydrogen-bond donors (Lipinski definition) is 2. The molecule has 5 heteroatoms. The number of hydrogen-bond acceptors (Lipinski definition) is 4. The summed E-state index contributed by atoms with van der Waals surface area (Å²) in [5.74, 6) is -1.07. The second kappa shape index (κ2) is 3.43. The highest BCUT2D eigenvalue weighted by Crippen LogP contribution is 2.25. The lowest BCUT2D eigenvalue weighted by molar-refractivity contribution is -0.173. The zero-order chi connectivity index (χ0) is 10.1. The Bertz CT molecular complexity index is 242. The van der Waals surface area contributed by atoms with Gasteiger partial charge in [-0.3, -0.25) is 14.8 Å². The third-order valence-electron chi connectivity index (χ3n) is 2.41. The van der Waals surface area contributed by atoms with E-state index >= 15 is 0 Å². The monoisotopic (exact) mass is 186 g/mol. The van der Waals surface area contributed by atoms with Gasteiger partial charge in [-0.2, -0.15) is 5.06 Å². The average Bonchev–Trinajstić information content (AvgIpc) is 2.32. The molecule has 1 atom stereocenters. The Morgan fingerprint density at radius 3 is 2.46 bits per heavy atom. The molecule has 1 fully saturated rings. The molecule has 1 saturated heterocycles. The maximum absolute atomic E-state index is 11.5. The molecule has 0 aromatic heterocycles. The predicted molar refractivity (Wildman–Crippen MR) is 45.0 cm³/mol. The topological polar surface area (TPSA) is 69.6 Å². The molecule has 13 heavy (non-hydrogen) atoms. The summed E-state index contributed by atoms with van der Waals surface area (Å²) in [5.41, 5.74) is -0.874. The number of carbonyl (C=O) groups excluding carboxylic acids is 2. The smallest absolute Gasteiger partial charge is 0.274 e. The maximum atomic E-state index is 11.5. The van der Waals surface area contributed by atoms with Gasteiger partial charge < -0.3 is 5.32 Å². The summed E-state index contributed by atoms with van der Waals surface area (Å²) < 4.78 is 0. The van der Waals surface area contributed by atoms with Gasteiger partial charge in [-0.15, -0.1) is 0 Å². The number of imide groups is 1. The first-order chi connectivity index (χ1) is 6.07. The first-order valence-corrected chi connectivity index (χ1v) is 4.38. The Hall–Kier alpha value is -0.940. The van der Waals surface area contributed by atoms with Gasteiger partial charge in [-0.05, 0) is 13.0 Å². The minimum absolute atomic E-state index is 0.0483. The van der Waals surface area contributed by atoms with Gasteiger partial charge in [0.05, 0.1) is 6.42 Å². The van der Waals surface area contributed by atoms with Gasteiger partial charge in [0.2, 0.25) is 0 Å². The molecule has 1 aliphatic rings. The fraction of sp³-hybridized carbons (Fsp3) is 0.750. The summed E-state index contributed by atoms with van der Waals surface area (Å²) in [6.45, 7) is 4.27. The first-order valence-electron chi connectivity index (χ1n) is 4.38. The fourth-order valence-corrected chi connectivity index (χ4v) is 1.60. The van der Waals surface area contributed by atoms with Gasteiger partial charge in [0.25, 0.3) is 11.8 Å². The van der Waals surface area contributed by atoms with Crippen molar-refractivity contribution < 1.29 is 14.8 Å². The molecule has 0 aromatic rings. The summed E-state index contributed by atoms with van der Waals surface area (Å²) in [5, 5.41) is 12.2. The van der Waals surface area contributed by atoms with E-state index < -0.39 is 17.4 Å². The molecule has 1 aliphatic heterocycles. The normalized spacial score (nSPS) is 28.7. The SMILES string of the molecule is CCNC1(CC)CC(=O)N(O)C1=O. The van der Waals surface area contributed by atoms with E-state index in [1.807, 2.05) is 13.8 Å². The molecule has 2 N–H and O–H groups in total. The summed E-state index contributed by atoms with van der Waals surface area (Å²) in [6, 6.07) is 0. The van der Waals surface area contributed by atoms with Crippen LogP contribution in [0.2, 0.25) is 0 Å². The van der Waals surface area contributed by atoms with Gasteiger partial charge in [-0.1, -0.05) is 13.8 Å². The number of carbonyl (C=O) groups is 2. The van der Waals surface area contributed by atoms with Crippen LogP contribution in [-0.2, 0) is 9.59 Å². The van der Waals surface area contributed by atoms with E-state index in [4.69, 9.17) is 5.21 Å². The molecular formula is C8H14N2O3. The number of nitrogens with zero attached hydrogens (tertiary/aromatic N) is 1. The summed E-state index contributed by atoms with van der Waals surface area (Å²) in [7, 11) is 0. The molecule has 1 unspecified atom stereocenters. The van der Waals surface area contributed by atoms with Crippen LogP contribution in [0.4, 0.5) is 0 Å². The van der Waals surface area contributed by atoms with Crippen LogP contribution in [0.25, 0.3) is 0 Å². The van der Waals surface area contributed by atoms with Crippen molar-refractivity contribution in [3.8, 4) is 0 Å². The standard InChI is InChI=1S/C8H14N2O3/c1-3-8(9-4-2)5-6(11)10(13)7(8)12/h9,13H,3-5H2,1-2H3. The van der Waals surface area contributed by atoms with Crippen molar-refractivity contribution in [2.75, 3.05) is 6.54 Å². The second-order valence-electron chi connectivity index (χ2n) is 3.15. The van der Waals surface area contributed by atoms with Crippen LogP contribution in [0.3, 0.4) is 0 Å². The Morgan fingerprint density at radius 1 is 1.54 bits per heavy atom. The Labute approximate surface area is 76.7 Å². The third kappa shape index (κ3) is 1.45. The van der Waals surface area contributed by atoms with Crippen LogP contribution in [0, 0.1) is 0 Å². The number of rotatable bonds is 3. The lowest BCUT2D eigenvalue weighted by atomic mass is 9.94. The fourth-order valence-electron chi connectivity index (χ4n) is 1.60. The van der Waals surface area contributed by atoms with Crippen molar-refractivity contribution in [1.29, 1.82) is 0 Å². The number of likely N-dealkylation sites (N-methyl/N-ethyl adjacent to an activating group) is 1. The van der Waals surface area contributed by atoms with Crippen molar-refractivity contribution in [2.24, 2.45) is 0 Å². The summed E-state index contributed by atoms with van der Waals surface area (Å²) >= 11 is 0. The zero-order valence-corrected chi connectivity index (χ0v) is 7.83. The highest BCUT2D eigenvalue weighted by atomic mass is 16.5. The molecule has 1 heterocycles. The molecule has 2 amide bonds. The Kier molecular flexibility index (Phi) is 2.68. The van der Waals surface area contributed by atoms with Crippen LogP contribution < -0.4 is 5.32 Å². The van der Waals surface area contributed by atoms with Gasteiger partial charge >= 0.3 is 0 Å². The molecular weight excluding hydrogens is 172 g/mol.